The molecule has 42 heavy (non-hydrogen) atoms. The zero-order valence-corrected chi connectivity index (χ0v) is 24.4. The second-order valence-corrected chi connectivity index (χ2v) is 11.6. The number of rotatable bonds is 7. The number of hydrogen-bond acceptors (Lipinski definition) is 7. The van der Waals surface area contributed by atoms with E-state index in [1.165, 1.54) is 29.8 Å². The number of tetrazole rings is 1. The molecule has 13 heteroatoms. The Labute approximate surface area is 254 Å². The largest absolute Gasteiger partial charge is 0.328 e. The van der Waals surface area contributed by atoms with E-state index in [-0.39, 0.29) is 24.4 Å². The van der Waals surface area contributed by atoms with Crippen molar-refractivity contribution >= 4 is 79.0 Å². The van der Waals surface area contributed by atoms with Gasteiger partial charge in [0.2, 0.25) is 0 Å². The lowest BCUT2D eigenvalue weighted by molar-refractivity contribution is 0.102. The first-order valence-corrected chi connectivity index (χ1v) is 14.8. The Hall–Kier alpha value is -4.32. The lowest BCUT2D eigenvalue weighted by atomic mass is 9.93. The second-order valence-electron chi connectivity index (χ2n) is 9.68. The van der Waals surface area contributed by atoms with Gasteiger partial charge in [0.1, 0.15) is 5.52 Å². The second kappa shape index (κ2) is 12.3. The molecule has 0 spiro atoms. The number of thiazole rings is 1. The third-order valence-corrected chi connectivity index (χ3v) is 8.26. The number of hydrogen-bond donors (Lipinski definition) is 3. The number of anilines is 3. The van der Waals surface area contributed by atoms with E-state index in [4.69, 9.17) is 23.2 Å². The summed E-state index contributed by atoms with van der Waals surface area (Å²) in [6.07, 6.45) is 6.84. The van der Waals surface area contributed by atoms with Crippen molar-refractivity contribution in [1.82, 2.24) is 25.6 Å². The molecular formula is C29H24Cl2N8O2S. The highest BCUT2D eigenvalue weighted by atomic mass is 35.5. The minimum Gasteiger partial charge on any atom is -0.290 e. The Kier molecular flexibility index (Phi) is 8.13. The van der Waals surface area contributed by atoms with Gasteiger partial charge in [-0.3, -0.25) is 20.3 Å². The van der Waals surface area contributed by atoms with Gasteiger partial charge in [0.05, 0.1) is 16.3 Å². The van der Waals surface area contributed by atoms with Gasteiger partial charge in [-0.1, -0.05) is 70.0 Å². The molecule has 0 aliphatic heterocycles. The number of fused-ring (bicyclic) bond motifs is 1. The minimum absolute atomic E-state index is 0.0813. The van der Waals surface area contributed by atoms with Gasteiger partial charge in [0.25, 0.3) is 11.9 Å². The molecule has 3 N–H and O–H groups in total. The Morgan fingerprint density at radius 3 is 2.52 bits per heavy atom. The Bertz CT molecular complexity index is 1770. The standard InChI is InChI=1S/C29H24Cl2N8O2S/c30-21-14-23(31)25-24(15-21)42-28(32-25)34-29(41)39(22-12-10-19(11-13-22)18-4-2-1-3-5-18)16-17-6-8-20(9-7-17)26(40)33-27-35-37-38-36-27/h4,6-15H,1-3,5,16H2,(H,32,34,41)(H2,33,35,36,37,38,40). The van der Waals surface area contributed by atoms with E-state index in [0.717, 1.165) is 28.7 Å². The lowest BCUT2D eigenvalue weighted by Crippen LogP contribution is -2.34. The van der Waals surface area contributed by atoms with Gasteiger partial charge >= 0.3 is 6.03 Å². The van der Waals surface area contributed by atoms with Gasteiger partial charge in [0.15, 0.2) is 5.13 Å². The molecule has 1 aliphatic rings. The van der Waals surface area contributed by atoms with Crippen LogP contribution in [0.15, 0.2) is 66.7 Å². The molecule has 0 saturated carbocycles. The lowest BCUT2D eigenvalue weighted by Gasteiger charge is -2.23. The highest BCUT2D eigenvalue weighted by Crippen LogP contribution is 2.34. The van der Waals surface area contributed by atoms with Crippen molar-refractivity contribution in [2.45, 2.75) is 32.2 Å². The maximum Gasteiger partial charge on any atom is 0.328 e. The van der Waals surface area contributed by atoms with Crippen LogP contribution in [0.2, 0.25) is 10.0 Å². The fraction of sp³-hybridized carbons (Fsp3) is 0.172. The molecule has 3 aromatic carbocycles. The van der Waals surface area contributed by atoms with E-state index in [2.05, 4.69) is 54.5 Å². The number of H-pyrrole nitrogens is 1. The summed E-state index contributed by atoms with van der Waals surface area (Å²) in [5, 5.41) is 20.0. The molecule has 0 atom stereocenters. The van der Waals surface area contributed by atoms with Crippen molar-refractivity contribution in [2.24, 2.45) is 0 Å². The van der Waals surface area contributed by atoms with Crippen LogP contribution in [0.3, 0.4) is 0 Å². The summed E-state index contributed by atoms with van der Waals surface area (Å²) >= 11 is 13.8. The van der Waals surface area contributed by atoms with Gasteiger partial charge < -0.3 is 0 Å². The van der Waals surface area contributed by atoms with Gasteiger partial charge in [-0.15, -0.1) is 5.10 Å². The summed E-state index contributed by atoms with van der Waals surface area (Å²) < 4.78 is 0.772. The number of amides is 3. The fourth-order valence-electron chi connectivity index (χ4n) is 4.74. The van der Waals surface area contributed by atoms with Crippen LogP contribution in [0.4, 0.5) is 21.6 Å². The number of nitrogens with zero attached hydrogens (tertiary/aromatic N) is 5. The number of benzene rings is 3. The number of carbonyl (C=O) groups excluding carboxylic acids is 2. The highest BCUT2D eigenvalue weighted by molar-refractivity contribution is 7.22. The first kappa shape index (κ1) is 27.8. The molecular weight excluding hydrogens is 595 g/mol. The van der Waals surface area contributed by atoms with E-state index < -0.39 is 0 Å². The summed E-state index contributed by atoms with van der Waals surface area (Å²) in [5.74, 6) is -0.294. The number of aromatic amines is 1. The fourth-order valence-corrected chi connectivity index (χ4v) is 6.32. The monoisotopic (exact) mass is 618 g/mol. The molecule has 10 nitrogen and oxygen atoms in total. The maximum atomic E-state index is 13.7. The molecule has 2 heterocycles. The van der Waals surface area contributed by atoms with Crippen LogP contribution in [0.5, 0.6) is 0 Å². The number of urea groups is 1. The summed E-state index contributed by atoms with van der Waals surface area (Å²) in [5.41, 5.74) is 5.02. The van der Waals surface area contributed by atoms with E-state index in [1.807, 2.05) is 12.1 Å². The van der Waals surface area contributed by atoms with Gasteiger partial charge in [-0.05, 0) is 84.0 Å². The SMILES string of the molecule is O=C(Nc1nn[nH]n1)c1ccc(CN(C(=O)Nc2nc3c(Cl)cc(Cl)cc3s2)c2ccc(C3=CCCCC3)cc2)cc1. The number of allylic oxidation sites excluding steroid dienone is 2. The predicted molar refractivity (Wildman–Crippen MR) is 166 cm³/mol. The molecule has 0 radical (unpaired) electrons. The first-order chi connectivity index (χ1) is 20.4. The average Bonchev–Trinajstić information content (AvgIpc) is 3.66. The van der Waals surface area contributed by atoms with E-state index in [1.54, 1.807) is 41.3 Å². The molecule has 6 rings (SSSR count). The zero-order chi connectivity index (χ0) is 29.1. The molecule has 0 unspecified atom stereocenters. The van der Waals surface area contributed by atoms with Crippen LogP contribution in [0, 0.1) is 0 Å². The Morgan fingerprint density at radius 2 is 1.81 bits per heavy atom. The summed E-state index contributed by atoms with van der Waals surface area (Å²) in [6, 6.07) is 18.0. The van der Waals surface area contributed by atoms with Crippen molar-refractivity contribution in [3.8, 4) is 0 Å². The van der Waals surface area contributed by atoms with Crippen LogP contribution in [-0.4, -0.2) is 37.5 Å². The maximum absolute atomic E-state index is 13.7. The summed E-state index contributed by atoms with van der Waals surface area (Å²) in [6.45, 7) is 0.248. The number of nitrogens with one attached hydrogen (secondary N) is 3. The van der Waals surface area contributed by atoms with Crippen molar-refractivity contribution in [3.05, 3.63) is 93.5 Å². The molecule has 1 aliphatic carbocycles. The van der Waals surface area contributed by atoms with Gasteiger partial charge in [-0.2, -0.15) is 5.21 Å². The Morgan fingerprint density at radius 1 is 1.00 bits per heavy atom. The molecule has 2 aromatic heterocycles. The van der Waals surface area contributed by atoms with Crippen LogP contribution >= 0.6 is 34.5 Å². The van der Waals surface area contributed by atoms with E-state index in [9.17, 15) is 9.59 Å². The third-order valence-electron chi connectivity index (χ3n) is 6.84. The molecule has 5 aromatic rings. The van der Waals surface area contributed by atoms with Gasteiger partial charge in [-0.25, -0.2) is 9.78 Å². The van der Waals surface area contributed by atoms with Crippen LogP contribution < -0.4 is 15.5 Å². The highest BCUT2D eigenvalue weighted by Gasteiger charge is 2.20. The van der Waals surface area contributed by atoms with Crippen molar-refractivity contribution < 1.29 is 9.59 Å². The first-order valence-electron chi connectivity index (χ1n) is 13.2. The third kappa shape index (κ3) is 6.28. The van der Waals surface area contributed by atoms with E-state index >= 15 is 0 Å². The smallest absolute Gasteiger partial charge is 0.290 e. The molecule has 0 bridgehead atoms. The van der Waals surface area contributed by atoms with Crippen molar-refractivity contribution in [3.63, 3.8) is 0 Å². The van der Waals surface area contributed by atoms with Crippen LogP contribution in [0.1, 0.15) is 47.2 Å². The zero-order valence-electron chi connectivity index (χ0n) is 22.1. The van der Waals surface area contributed by atoms with E-state index in [0.29, 0.717) is 31.9 Å². The quantitative estimate of drug-likeness (QED) is 0.172. The normalized spacial score (nSPS) is 13.0. The van der Waals surface area contributed by atoms with Crippen molar-refractivity contribution in [1.29, 1.82) is 0 Å². The number of carbonyl (C=O) groups is 2. The van der Waals surface area contributed by atoms with Crippen molar-refractivity contribution in [2.75, 3.05) is 15.5 Å². The molecule has 0 saturated heterocycles. The minimum atomic E-state index is -0.375. The Balaban J connectivity index is 1.25. The number of halogens is 2. The molecule has 0 fully saturated rings. The summed E-state index contributed by atoms with van der Waals surface area (Å²) in [7, 11) is 0. The van der Waals surface area contributed by atoms with Crippen LogP contribution in [0.25, 0.3) is 15.8 Å². The number of aromatic nitrogens is 5. The average molecular weight is 620 g/mol. The van der Waals surface area contributed by atoms with Gasteiger partial charge in [0, 0.05) is 16.3 Å². The topological polar surface area (TPSA) is 129 Å². The molecule has 3 amide bonds. The molecule has 212 valence electrons. The van der Waals surface area contributed by atoms with Crippen LogP contribution in [-0.2, 0) is 6.54 Å². The predicted octanol–water partition coefficient (Wildman–Crippen LogP) is 7.56. The summed E-state index contributed by atoms with van der Waals surface area (Å²) in [4.78, 5) is 32.4.